The lowest BCUT2D eigenvalue weighted by Crippen LogP contribution is -2.43. The number of carbonyl (C=O) groups excluding carboxylic acids is 1. The number of amides is 1. The second-order valence-electron chi connectivity index (χ2n) is 10.5. The van der Waals surface area contributed by atoms with Gasteiger partial charge in [0.2, 0.25) is 11.9 Å². The zero-order valence-corrected chi connectivity index (χ0v) is 21.5. The fourth-order valence-corrected chi connectivity index (χ4v) is 5.72. The maximum Gasteiger partial charge on any atom is 0.251 e. The molecule has 2 atom stereocenters. The van der Waals surface area contributed by atoms with E-state index in [1.165, 1.54) is 17.4 Å². The number of benzene rings is 1. The number of anilines is 1. The normalized spacial score (nSPS) is 23.7. The van der Waals surface area contributed by atoms with Crippen LogP contribution in [0.1, 0.15) is 44.1 Å². The summed E-state index contributed by atoms with van der Waals surface area (Å²) in [7, 11) is 0. The van der Waals surface area contributed by atoms with E-state index in [4.69, 9.17) is 16.3 Å². The highest BCUT2D eigenvalue weighted by atomic mass is 35.5. The van der Waals surface area contributed by atoms with Crippen molar-refractivity contribution in [2.24, 2.45) is 17.8 Å². The maximum absolute atomic E-state index is 14.6. The van der Waals surface area contributed by atoms with Crippen molar-refractivity contribution in [2.75, 3.05) is 37.7 Å². The van der Waals surface area contributed by atoms with Crippen molar-refractivity contribution >= 4 is 23.5 Å². The highest BCUT2D eigenvalue weighted by Gasteiger charge is 2.43. The summed E-state index contributed by atoms with van der Waals surface area (Å²) >= 11 is 5.88. The summed E-state index contributed by atoms with van der Waals surface area (Å²) in [5, 5.41) is 0.542. The molecule has 1 saturated carbocycles. The molecule has 0 spiro atoms. The third-order valence-electron chi connectivity index (χ3n) is 7.98. The first kappa shape index (κ1) is 26.1. The van der Waals surface area contributed by atoms with Gasteiger partial charge in [-0.3, -0.25) is 4.79 Å². The predicted octanol–water partition coefficient (Wildman–Crippen LogP) is 5.39. The summed E-state index contributed by atoms with van der Waals surface area (Å²) in [6, 6.07) is 4.54. The lowest BCUT2D eigenvalue weighted by molar-refractivity contribution is -0.136. The highest BCUT2D eigenvalue weighted by Crippen LogP contribution is 2.49. The van der Waals surface area contributed by atoms with E-state index in [0.29, 0.717) is 29.2 Å². The van der Waals surface area contributed by atoms with Crippen LogP contribution in [0.15, 0.2) is 30.6 Å². The number of aromatic nitrogens is 2. The standard InChI is InChI=1S/C27H32ClF3N4O2/c28-21-16-32-26(33-17-21)35-8-3-18(4-9-35)23-13-19(23)5-12-37-22-2-1-20(24(29)15-22)14-25(36)34-10-6-27(30,31)7-11-34/h1-2,15-19,23H,3-14H2/t19-,23-/m1/s1. The Labute approximate surface area is 220 Å². The maximum atomic E-state index is 14.6. The number of piperidine rings is 2. The topological polar surface area (TPSA) is 58.6 Å². The van der Waals surface area contributed by atoms with Gasteiger partial charge in [-0.25, -0.2) is 23.1 Å². The van der Waals surface area contributed by atoms with Crippen LogP contribution in [0.4, 0.5) is 19.1 Å². The van der Waals surface area contributed by atoms with Crippen molar-refractivity contribution in [1.29, 1.82) is 0 Å². The van der Waals surface area contributed by atoms with E-state index >= 15 is 0 Å². The van der Waals surface area contributed by atoms with Crippen LogP contribution in [0.5, 0.6) is 5.75 Å². The largest absolute Gasteiger partial charge is 0.493 e. The van der Waals surface area contributed by atoms with Gasteiger partial charge in [-0.1, -0.05) is 17.7 Å². The van der Waals surface area contributed by atoms with Crippen LogP contribution >= 0.6 is 11.6 Å². The monoisotopic (exact) mass is 536 g/mol. The van der Waals surface area contributed by atoms with Gasteiger partial charge in [-0.05, 0) is 55.1 Å². The Balaban J connectivity index is 1.02. The van der Waals surface area contributed by atoms with Gasteiger partial charge in [0.15, 0.2) is 0 Å². The molecule has 3 fully saturated rings. The molecule has 10 heteroatoms. The summed E-state index contributed by atoms with van der Waals surface area (Å²) < 4.78 is 47.0. The first-order chi connectivity index (χ1) is 17.8. The average Bonchev–Trinajstić information content (AvgIpc) is 3.66. The smallest absolute Gasteiger partial charge is 0.251 e. The molecule has 0 N–H and O–H groups in total. The molecule has 1 aromatic heterocycles. The Kier molecular flexibility index (Phi) is 7.79. The molecular weight excluding hydrogens is 505 g/mol. The molecule has 6 nitrogen and oxygen atoms in total. The van der Waals surface area contributed by atoms with Crippen LogP contribution in [0.25, 0.3) is 0 Å². The van der Waals surface area contributed by atoms with Crippen LogP contribution in [0.2, 0.25) is 5.02 Å². The predicted molar refractivity (Wildman–Crippen MR) is 135 cm³/mol. The molecule has 0 unspecified atom stereocenters. The minimum absolute atomic E-state index is 0.00663. The van der Waals surface area contributed by atoms with E-state index in [2.05, 4.69) is 14.9 Å². The molecular formula is C27H32ClF3N4O2. The van der Waals surface area contributed by atoms with Crippen LogP contribution in [0, 0.1) is 23.6 Å². The number of ether oxygens (including phenoxy) is 1. The van der Waals surface area contributed by atoms with E-state index in [0.717, 1.165) is 44.2 Å². The first-order valence-electron chi connectivity index (χ1n) is 13.1. The van der Waals surface area contributed by atoms with Crippen molar-refractivity contribution < 1.29 is 22.7 Å². The Hall–Kier alpha value is -2.55. The molecule has 2 aliphatic heterocycles. The Morgan fingerprint density at radius 1 is 1.11 bits per heavy atom. The Bertz CT molecular complexity index is 1090. The minimum atomic E-state index is -2.72. The molecule has 3 heterocycles. The lowest BCUT2D eigenvalue weighted by Gasteiger charge is -2.32. The molecule has 1 amide bonds. The van der Waals surface area contributed by atoms with Crippen LogP contribution in [-0.2, 0) is 11.2 Å². The van der Waals surface area contributed by atoms with Gasteiger partial charge >= 0.3 is 0 Å². The van der Waals surface area contributed by atoms with Gasteiger partial charge in [0, 0.05) is 45.1 Å². The van der Waals surface area contributed by atoms with E-state index in [9.17, 15) is 18.0 Å². The zero-order chi connectivity index (χ0) is 26.0. The molecule has 1 aliphatic carbocycles. The molecule has 0 bridgehead atoms. The van der Waals surface area contributed by atoms with Gasteiger partial charge in [0.25, 0.3) is 5.92 Å². The van der Waals surface area contributed by atoms with E-state index in [1.54, 1.807) is 24.5 Å². The fraction of sp³-hybridized carbons (Fsp3) is 0.593. The number of halogens is 4. The van der Waals surface area contributed by atoms with Crippen LogP contribution < -0.4 is 9.64 Å². The second kappa shape index (κ2) is 11.1. The molecule has 37 heavy (non-hydrogen) atoms. The molecule has 2 aromatic rings. The number of carbonyl (C=O) groups is 1. The van der Waals surface area contributed by atoms with Crippen molar-refractivity contribution in [3.63, 3.8) is 0 Å². The number of rotatable bonds is 8. The van der Waals surface area contributed by atoms with Crippen LogP contribution in [0.3, 0.4) is 0 Å². The van der Waals surface area contributed by atoms with E-state index in [-0.39, 0.29) is 43.8 Å². The summed E-state index contributed by atoms with van der Waals surface area (Å²) in [6.07, 6.45) is 6.85. The van der Waals surface area contributed by atoms with Gasteiger partial charge in [-0.2, -0.15) is 0 Å². The number of alkyl halides is 2. The summed E-state index contributed by atoms with van der Waals surface area (Å²) in [4.78, 5) is 24.6. The molecule has 5 rings (SSSR count). The van der Waals surface area contributed by atoms with Gasteiger partial charge in [0.1, 0.15) is 11.6 Å². The lowest BCUT2D eigenvalue weighted by atomic mass is 9.90. The van der Waals surface area contributed by atoms with Gasteiger partial charge < -0.3 is 14.5 Å². The average molecular weight is 537 g/mol. The third-order valence-corrected chi connectivity index (χ3v) is 8.18. The number of hydrogen-bond donors (Lipinski definition) is 0. The quantitative estimate of drug-likeness (QED) is 0.453. The highest BCUT2D eigenvalue weighted by molar-refractivity contribution is 6.30. The third kappa shape index (κ3) is 6.67. The summed E-state index contributed by atoms with van der Waals surface area (Å²) in [5.74, 6) is -0.301. The fourth-order valence-electron chi connectivity index (χ4n) is 5.62. The van der Waals surface area contributed by atoms with E-state index in [1.807, 2.05) is 0 Å². The SMILES string of the molecule is O=C(Cc1ccc(OCC[C@@H]2C[C@@H]2C2CCN(c3ncc(Cl)cn3)CC2)cc1F)N1CCC(F)(F)CC1. The van der Waals surface area contributed by atoms with Crippen molar-refractivity contribution in [2.45, 2.75) is 50.9 Å². The van der Waals surface area contributed by atoms with Gasteiger partial charge in [0.05, 0.1) is 30.4 Å². The molecule has 0 radical (unpaired) electrons. The minimum Gasteiger partial charge on any atom is -0.493 e. The zero-order valence-electron chi connectivity index (χ0n) is 20.7. The van der Waals surface area contributed by atoms with Gasteiger partial charge in [-0.15, -0.1) is 0 Å². The molecule has 1 aromatic carbocycles. The number of likely N-dealkylation sites (tertiary alicyclic amines) is 1. The summed E-state index contributed by atoms with van der Waals surface area (Å²) in [6.45, 7) is 2.44. The second-order valence-corrected chi connectivity index (χ2v) is 10.9. The number of nitrogens with zero attached hydrogens (tertiary/aromatic N) is 4. The number of hydrogen-bond acceptors (Lipinski definition) is 5. The Morgan fingerprint density at radius 3 is 2.49 bits per heavy atom. The summed E-state index contributed by atoms with van der Waals surface area (Å²) in [5.41, 5.74) is 0.257. The van der Waals surface area contributed by atoms with Crippen molar-refractivity contribution in [3.05, 3.63) is 47.0 Å². The molecule has 2 saturated heterocycles. The van der Waals surface area contributed by atoms with Crippen molar-refractivity contribution in [1.82, 2.24) is 14.9 Å². The van der Waals surface area contributed by atoms with Crippen molar-refractivity contribution in [3.8, 4) is 5.75 Å². The molecule has 3 aliphatic rings. The van der Waals surface area contributed by atoms with E-state index < -0.39 is 11.7 Å². The van der Waals surface area contributed by atoms with Crippen LogP contribution in [-0.4, -0.2) is 59.5 Å². The first-order valence-corrected chi connectivity index (χ1v) is 13.4. The Morgan fingerprint density at radius 2 is 1.81 bits per heavy atom. The molecule has 200 valence electrons.